The Kier molecular flexibility index (Phi) is 3.69. The molecular weight excluding hydrogens is 306 g/mol. The summed E-state index contributed by atoms with van der Waals surface area (Å²) in [6.07, 6.45) is 2.47. The van der Waals surface area contributed by atoms with Crippen molar-refractivity contribution in [3.63, 3.8) is 0 Å². The Bertz CT molecular complexity index is 810. The van der Waals surface area contributed by atoms with Crippen LogP contribution in [0.3, 0.4) is 0 Å². The highest BCUT2D eigenvalue weighted by Crippen LogP contribution is 2.20. The summed E-state index contributed by atoms with van der Waals surface area (Å²) in [5.41, 5.74) is -0.270. The molecule has 0 spiro atoms. The molecule has 1 fully saturated rings. The molecule has 7 nitrogen and oxygen atoms in total. The summed E-state index contributed by atoms with van der Waals surface area (Å²) in [5.74, 6) is -1.36. The first-order valence-electron chi connectivity index (χ1n) is 6.95. The number of thiophene rings is 1. The number of aryl methyl sites for hydroxylation is 1. The average Bonchev–Trinajstić information content (AvgIpc) is 3.08. The van der Waals surface area contributed by atoms with Crippen molar-refractivity contribution in [3.05, 3.63) is 27.6 Å². The Morgan fingerprint density at radius 1 is 1.50 bits per heavy atom. The Morgan fingerprint density at radius 3 is 3.00 bits per heavy atom. The van der Waals surface area contributed by atoms with Gasteiger partial charge < -0.3 is 10.0 Å². The molecule has 1 unspecified atom stereocenters. The van der Waals surface area contributed by atoms with Crippen molar-refractivity contribution < 1.29 is 14.7 Å². The van der Waals surface area contributed by atoms with E-state index in [2.05, 4.69) is 4.98 Å². The number of aliphatic carboxylic acids is 1. The van der Waals surface area contributed by atoms with Crippen LogP contribution in [-0.2, 0) is 16.1 Å². The second-order valence-electron chi connectivity index (χ2n) is 5.34. The maximum atomic E-state index is 12.4. The molecule has 1 N–H and O–H groups in total. The van der Waals surface area contributed by atoms with Crippen molar-refractivity contribution in [1.29, 1.82) is 0 Å². The van der Waals surface area contributed by atoms with Gasteiger partial charge in [0.05, 0.1) is 11.7 Å². The van der Waals surface area contributed by atoms with E-state index >= 15 is 0 Å². The van der Waals surface area contributed by atoms with E-state index < -0.39 is 12.0 Å². The third-order valence-electron chi connectivity index (χ3n) is 3.81. The molecule has 22 heavy (non-hydrogen) atoms. The number of amides is 1. The van der Waals surface area contributed by atoms with Gasteiger partial charge in [-0.3, -0.25) is 14.2 Å². The van der Waals surface area contributed by atoms with Gasteiger partial charge in [0.2, 0.25) is 5.91 Å². The second kappa shape index (κ2) is 5.53. The average molecular weight is 321 g/mol. The van der Waals surface area contributed by atoms with Crippen LogP contribution < -0.4 is 5.56 Å². The van der Waals surface area contributed by atoms with Crippen LogP contribution in [0.5, 0.6) is 0 Å². The van der Waals surface area contributed by atoms with Gasteiger partial charge in [-0.1, -0.05) is 0 Å². The molecule has 0 aromatic carbocycles. The second-order valence-corrected chi connectivity index (χ2v) is 6.57. The minimum Gasteiger partial charge on any atom is -0.480 e. The number of fused-ring (bicyclic) bond motifs is 1. The number of carbonyl (C=O) groups excluding carboxylic acids is 1. The van der Waals surface area contributed by atoms with Crippen LogP contribution >= 0.6 is 11.3 Å². The quantitative estimate of drug-likeness (QED) is 0.904. The zero-order valence-electron chi connectivity index (χ0n) is 12.0. The molecule has 1 aliphatic heterocycles. The summed E-state index contributed by atoms with van der Waals surface area (Å²) in [4.78, 5) is 42.9. The van der Waals surface area contributed by atoms with Crippen LogP contribution in [0.2, 0.25) is 0 Å². The number of aromatic nitrogens is 2. The minimum atomic E-state index is -1.000. The lowest BCUT2D eigenvalue weighted by Crippen LogP contribution is -2.43. The van der Waals surface area contributed by atoms with Crippen molar-refractivity contribution in [2.24, 2.45) is 0 Å². The molecule has 3 rings (SSSR count). The fourth-order valence-electron chi connectivity index (χ4n) is 2.75. The molecule has 116 valence electrons. The highest BCUT2D eigenvalue weighted by atomic mass is 32.1. The van der Waals surface area contributed by atoms with Crippen LogP contribution in [0.15, 0.2) is 17.2 Å². The first-order valence-corrected chi connectivity index (χ1v) is 7.77. The topological polar surface area (TPSA) is 92.5 Å². The largest absolute Gasteiger partial charge is 0.480 e. The van der Waals surface area contributed by atoms with Crippen LogP contribution in [-0.4, -0.2) is 44.0 Å². The van der Waals surface area contributed by atoms with Gasteiger partial charge in [-0.15, -0.1) is 11.3 Å². The predicted molar refractivity (Wildman–Crippen MR) is 81.0 cm³/mol. The number of carbonyl (C=O) groups is 2. The molecule has 3 heterocycles. The minimum absolute atomic E-state index is 0.180. The molecule has 1 amide bonds. The zero-order chi connectivity index (χ0) is 15.9. The number of carboxylic acid groups (broad SMARTS) is 1. The molecule has 0 aliphatic carbocycles. The highest BCUT2D eigenvalue weighted by Gasteiger charge is 2.33. The van der Waals surface area contributed by atoms with Gasteiger partial charge in [0.15, 0.2) is 0 Å². The van der Waals surface area contributed by atoms with E-state index in [9.17, 15) is 14.4 Å². The van der Waals surface area contributed by atoms with Crippen molar-refractivity contribution in [2.75, 3.05) is 6.54 Å². The summed E-state index contributed by atoms with van der Waals surface area (Å²) < 4.78 is 1.24. The molecule has 8 heteroatoms. The van der Waals surface area contributed by atoms with Crippen molar-refractivity contribution in [2.45, 2.75) is 32.4 Å². The Labute approximate surface area is 129 Å². The first kappa shape index (κ1) is 14.7. The number of rotatable bonds is 3. The van der Waals surface area contributed by atoms with E-state index in [1.54, 1.807) is 6.07 Å². The molecule has 0 bridgehead atoms. The summed E-state index contributed by atoms with van der Waals surface area (Å²) in [7, 11) is 0. The number of likely N-dealkylation sites (tertiary alicyclic amines) is 1. The van der Waals surface area contributed by atoms with Gasteiger partial charge in [0, 0.05) is 11.4 Å². The van der Waals surface area contributed by atoms with Gasteiger partial charge in [-0.05, 0) is 25.8 Å². The van der Waals surface area contributed by atoms with Gasteiger partial charge in [0.25, 0.3) is 5.56 Å². The third-order valence-corrected chi connectivity index (χ3v) is 4.76. The summed E-state index contributed by atoms with van der Waals surface area (Å²) in [6, 6.07) is 0.968. The predicted octanol–water partition coefficient (Wildman–Crippen LogP) is 0.842. The van der Waals surface area contributed by atoms with E-state index in [4.69, 9.17) is 5.11 Å². The van der Waals surface area contributed by atoms with Gasteiger partial charge >= 0.3 is 5.97 Å². The van der Waals surface area contributed by atoms with Gasteiger partial charge in [-0.2, -0.15) is 0 Å². The third kappa shape index (κ3) is 2.50. The lowest BCUT2D eigenvalue weighted by molar-refractivity contribution is -0.148. The normalized spacial score (nSPS) is 18.0. The zero-order valence-corrected chi connectivity index (χ0v) is 12.8. The maximum Gasteiger partial charge on any atom is 0.326 e. The molecule has 0 radical (unpaired) electrons. The van der Waals surface area contributed by atoms with Gasteiger partial charge in [0.1, 0.15) is 17.4 Å². The Morgan fingerprint density at radius 2 is 2.27 bits per heavy atom. The lowest BCUT2D eigenvalue weighted by Gasteiger charge is -2.21. The van der Waals surface area contributed by atoms with E-state index in [0.717, 1.165) is 4.88 Å². The number of nitrogens with zero attached hydrogens (tertiary/aromatic N) is 3. The van der Waals surface area contributed by atoms with E-state index in [1.807, 2.05) is 6.92 Å². The molecule has 2 aromatic rings. The van der Waals surface area contributed by atoms with Crippen molar-refractivity contribution in [3.8, 4) is 0 Å². The van der Waals surface area contributed by atoms with Crippen molar-refractivity contribution in [1.82, 2.24) is 14.5 Å². The van der Waals surface area contributed by atoms with E-state index in [1.165, 1.54) is 27.1 Å². The Hall–Kier alpha value is -2.22. The fourth-order valence-corrected chi connectivity index (χ4v) is 3.59. The molecule has 1 atom stereocenters. The standard InChI is InChI=1S/C14H15N3O4S/c1-8-5-9-12(22-8)15-7-16(13(9)19)6-11(18)17-4-2-3-10(17)14(20)21/h5,7,10H,2-4,6H2,1H3,(H,20,21). The van der Waals surface area contributed by atoms with E-state index in [-0.39, 0.29) is 18.0 Å². The van der Waals surface area contributed by atoms with Crippen LogP contribution in [0.1, 0.15) is 17.7 Å². The first-order chi connectivity index (χ1) is 10.5. The smallest absolute Gasteiger partial charge is 0.326 e. The summed E-state index contributed by atoms with van der Waals surface area (Å²) >= 11 is 1.43. The molecular formula is C14H15N3O4S. The molecule has 1 aliphatic rings. The Balaban J connectivity index is 1.86. The van der Waals surface area contributed by atoms with Crippen LogP contribution in [0.25, 0.3) is 10.2 Å². The SMILES string of the molecule is Cc1cc2c(=O)n(CC(=O)N3CCCC3C(=O)O)cnc2s1. The number of carboxylic acids is 1. The lowest BCUT2D eigenvalue weighted by atomic mass is 10.2. The van der Waals surface area contributed by atoms with E-state index in [0.29, 0.717) is 29.6 Å². The summed E-state index contributed by atoms with van der Waals surface area (Å²) in [5, 5.41) is 9.62. The maximum absolute atomic E-state index is 12.4. The van der Waals surface area contributed by atoms with Crippen molar-refractivity contribution >= 4 is 33.4 Å². The summed E-state index contributed by atoms with van der Waals surface area (Å²) in [6.45, 7) is 2.13. The highest BCUT2D eigenvalue weighted by molar-refractivity contribution is 7.18. The number of hydrogen-bond donors (Lipinski definition) is 1. The molecule has 0 saturated carbocycles. The van der Waals surface area contributed by atoms with Crippen LogP contribution in [0.4, 0.5) is 0 Å². The molecule has 1 saturated heterocycles. The monoisotopic (exact) mass is 321 g/mol. The fraction of sp³-hybridized carbons (Fsp3) is 0.429. The number of hydrogen-bond acceptors (Lipinski definition) is 5. The molecule has 2 aromatic heterocycles. The van der Waals surface area contributed by atoms with Crippen LogP contribution in [0, 0.1) is 6.92 Å². The van der Waals surface area contributed by atoms with Gasteiger partial charge in [-0.25, -0.2) is 9.78 Å².